The molecule has 3 heteroatoms. The predicted octanol–water partition coefficient (Wildman–Crippen LogP) is 1.94. The molecule has 1 atom stereocenters. The summed E-state index contributed by atoms with van der Waals surface area (Å²) in [5.74, 6) is 0. The van der Waals surface area contributed by atoms with Gasteiger partial charge in [0.25, 0.3) is 0 Å². The maximum Gasteiger partial charge on any atom is 0.0629 e. The minimum Gasteiger partial charge on any atom is -0.392 e. The summed E-state index contributed by atoms with van der Waals surface area (Å²) in [6.45, 7) is 8.64. The molecule has 0 radical (unpaired) electrons. The molecule has 1 N–H and O–H groups in total. The lowest BCUT2D eigenvalue weighted by atomic mass is 10.1. The molecule has 0 aromatic carbocycles. The number of aryl methyl sites for hydroxylation is 2. The Hall–Kier alpha value is -1.09. The third kappa shape index (κ3) is 3.20. The molecule has 0 bridgehead atoms. The molecule has 1 aromatic heterocycles. The van der Waals surface area contributed by atoms with E-state index in [1.165, 1.54) is 0 Å². The topological polar surface area (TPSA) is 38.1 Å². The zero-order chi connectivity index (χ0) is 11.3. The van der Waals surface area contributed by atoms with Crippen LogP contribution in [0.4, 0.5) is 0 Å². The first-order chi connectivity index (χ1) is 7.21. The quantitative estimate of drug-likeness (QED) is 0.726. The van der Waals surface area contributed by atoms with Gasteiger partial charge in [0.05, 0.1) is 11.8 Å². The fourth-order valence-corrected chi connectivity index (χ4v) is 1.64. The van der Waals surface area contributed by atoms with E-state index in [4.69, 9.17) is 0 Å². The molecule has 1 heterocycles. The highest BCUT2D eigenvalue weighted by molar-refractivity contribution is 5.11. The van der Waals surface area contributed by atoms with Crippen LogP contribution in [-0.2, 0) is 19.4 Å². The van der Waals surface area contributed by atoms with Crippen LogP contribution in [0.3, 0.4) is 0 Å². The highest BCUT2D eigenvalue weighted by atomic mass is 16.3. The number of rotatable bonds is 6. The second-order valence-electron chi connectivity index (χ2n) is 3.68. The van der Waals surface area contributed by atoms with Crippen molar-refractivity contribution in [3.05, 3.63) is 30.1 Å². The van der Waals surface area contributed by atoms with Crippen LogP contribution in [-0.4, -0.2) is 21.0 Å². The largest absolute Gasteiger partial charge is 0.392 e. The molecule has 0 aliphatic heterocycles. The first-order valence-corrected chi connectivity index (χ1v) is 5.55. The van der Waals surface area contributed by atoms with Gasteiger partial charge < -0.3 is 5.11 Å². The van der Waals surface area contributed by atoms with E-state index in [-0.39, 0.29) is 6.10 Å². The lowest BCUT2D eigenvalue weighted by molar-refractivity contribution is 0.175. The van der Waals surface area contributed by atoms with Gasteiger partial charge in [-0.15, -0.1) is 6.58 Å². The van der Waals surface area contributed by atoms with E-state index >= 15 is 0 Å². The lowest BCUT2D eigenvalue weighted by Gasteiger charge is -2.08. The average molecular weight is 208 g/mol. The Balaban J connectivity index is 2.73. The highest BCUT2D eigenvalue weighted by Gasteiger charge is 2.10. The van der Waals surface area contributed by atoms with Crippen LogP contribution in [0.25, 0.3) is 0 Å². The number of aliphatic hydroxyl groups is 1. The van der Waals surface area contributed by atoms with Crippen LogP contribution in [0, 0.1) is 0 Å². The van der Waals surface area contributed by atoms with E-state index in [2.05, 4.69) is 31.6 Å². The van der Waals surface area contributed by atoms with E-state index in [1.807, 2.05) is 4.68 Å². The molecule has 1 aromatic rings. The van der Waals surface area contributed by atoms with E-state index in [0.717, 1.165) is 24.4 Å². The van der Waals surface area contributed by atoms with Crippen molar-refractivity contribution in [2.45, 2.75) is 45.8 Å². The monoisotopic (exact) mass is 208 g/mol. The molecule has 1 rings (SSSR count). The van der Waals surface area contributed by atoms with Gasteiger partial charge in [-0.1, -0.05) is 13.0 Å². The summed E-state index contributed by atoms with van der Waals surface area (Å²) < 4.78 is 1.96. The van der Waals surface area contributed by atoms with Gasteiger partial charge in [-0.3, -0.25) is 4.68 Å². The van der Waals surface area contributed by atoms with Crippen LogP contribution < -0.4 is 0 Å². The molecule has 0 aliphatic rings. The van der Waals surface area contributed by atoms with Gasteiger partial charge in [-0.05, 0) is 25.8 Å². The Kier molecular flexibility index (Phi) is 4.56. The molecule has 0 saturated carbocycles. The molecular weight excluding hydrogens is 188 g/mol. The third-order valence-electron chi connectivity index (χ3n) is 2.46. The van der Waals surface area contributed by atoms with Crippen molar-refractivity contribution in [1.82, 2.24) is 9.78 Å². The van der Waals surface area contributed by atoms with Gasteiger partial charge in [0.2, 0.25) is 0 Å². The zero-order valence-electron chi connectivity index (χ0n) is 9.61. The van der Waals surface area contributed by atoms with Gasteiger partial charge in [0.15, 0.2) is 0 Å². The van der Waals surface area contributed by atoms with E-state index < -0.39 is 0 Å². The Morgan fingerprint density at radius 1 is 1.60 bits per heavy atom. The predicted molar refractivity (Wildman–Crippen MR) is 61.8 cm³/mol. The molecule has 0 fully saturated rings. The molecule has 3 nitrogen and oxygen atoms in total. The van der Waals surface area contributed by atoms with Gasteiger partial charge >= 0.3 is 0 Å². The Morgan fingerprint density at radius 2 is 2.33 bits per heavy atom. The third-order valence-corrected chi connectivity index (χ3v) is 2.46. The Labute approximate surface area is 91.4 Å². The Morgan fingerprint density at radius 3 is 2.87 bits per heavy atom. The van der Waals surface area contributed by atoms with E-state index in [1.54, 1.807) is 6.08 Å². The van der Waals surface area contributed by atoms with Crippen molar-refractivity contribution in [2.75, 3.05) is 0 Å². The fourth-order valence-electron chi connectivity index (χ4n) is 1.64. The van der Waals surface area contributed by atoms with Gasteiger partial charge in [-0.25, -0.2) is 0 Å². The molecule has 0 amide bonds. The second kappa shape index (κ2) is 5.71. The fraction of sp³-hybridized carbons (Fsp3) is 0.583. The summed E-state index contributed by atoms with van der Waals surface area (Å²) in [4.78, 5) is 0. The van der Waals surface area contributed by atoms with Crippen LogP contribution in [0.15, 0.2) is 18.7 Å². The zero-order valence-corrected chi connectivity index (χ0v) is 9.61. The number of aromatic nitrogens is 2. The Bertz CT molecular complexity index is 317. The van der Waals surface area contributed by atoms with Gasteiger partial charge in [0.1, 0.15) is 0 Å². The number of hydrogen-bond acceptors (Lipinski definition) is 2. The van der Waals surface area contributed by atoms with E-state index in [0.29, 0.717) is 12.8 Å². The standard InChI is InChI=1S/C12H20N2O/c1-4-7-12(15)9-11-8-10(5-2)13-14(11)6-3/h4,8,12,15H,1,5-7,9H2,2-3H3. The van der Waals surface area contributed by atoms with Gasteiger partial charge in [0, 0.05) is 18.7 Å². The summed E-state index contributed by atoms with van der Waals surface area (Å²) in [5, 5.41) is 14.1. The average Bonchev–Trinajstić information content (AvgIpc) is 2.60. The number of aliphatic hydroxyl groups excluding tert-OH is 1. The summed E-state index contributed by atoms with van der Waals surface area (Å²) in [6, 6.07) is 2.08. The lowest BCUT2D eigenvalue weighted by Crippen LogP contribution is -2.13. The van der Waals surface area contributed by atoms with Crippen LogP contribution in [0.2, 0.25) is 0 Å². The molecule has 0 spiro atoms. The summed E-state index contributed by atoms with van der Waals surface area (Å²) in [5.41, 5.74) is 2.21. The summed E-state index contributed by atoms with van der Waals surface area (Å²) in [7, 11) is 0. The highest BCUT2D eigenvalue weighted by Crippen LogP contribution is 2.10. The van der Waals surface area contributed by atoms with Crippen LogP contribution in [0.5, 0.6) is 0 Å². The molecular formula is C12H20N2O. The van der Waals surface area contributed by atoms with Crippen molar-refractivity contribution in [3.8, 4) is 0 Å². The molecule has 0 aliphatic carbocycles. The van der Waals surface area contributed by atoms with Crippen molar-refractivity contribution in [3.63, 3.8) is 0 Å². The normalized spacial score (nSPS) is 12.7. The summed E-state index contributed by atoms with van der Waals surface area (Å²) in [6.07, 6.45) is 3.65. The minimum atomic E-state index is -0.339. The second-order valence-corrected chi connectivity index (χ2v) is 3.68. The number of hydrogen-bond donors (Lipinski definition) is 1. The minimum absolute atomic E-state index is 0.339. The van der Waals surface area contributed by atoms with Crippen molar-refractivity contribution in [2.24, 2.45) is 0 Å². The first-order valence-electron chi connectivity index (χ1n) is 5.55. The SMILES string of the molecule is C=CCC(O)Cc1cc(CC)nn1CC. The van der Waals surface area contributed by atoms with Crippen molar-refractivity contribution in [1.29, 1.82) is 0 Å². The van der Waals surface area contributed by atoms with Crippen LogP contribution >= 0.6 is 0 Å². The number of nitrogens with zero attached hydrogens (tertiary/aromatic N) is 2. The maximum atomic E-state index is 9.69. The van der Waals surface area contributed by atoms with E-state index in [9.17, 15) is 5.11 Å². The van der Waals surface area contributed by atoms with Crippen molar-refractivity contribution >= 4 is 0 Å². The molecule has 0 saturated heterocycles. The molecule has 84 valence electrons. The molecule has 1 unspecified atom stereocenters. The van der Waals surface area contributed by atoms with Crippen molar-refractivity contribution < 1.29 is 5.11 Å². The smallest absolute Gasteiger partial charge is 0.0629 e. The molecule has 15 heavy (non-hydrogen) atoms. The van der Waals surface area contributed by atoms with Crippen LogP contribution in [0.1, 0.15) is 31.7 Å². The summed E-state index contributed by atoms with van der Waals surface area (Å²) >= 11 is 0. The van der Waals surface area contributed by atoms with Gasteiger partial charge in [-0.2, -0.15) is 5.10 Å². The first kappa shape index (κ1) is 12.0. The maximum absolute atomic E-state index is 9.69.